The number of carbonyl (C=O) groups is 1. The number of sulfonamides is 1. The van der Waals surface area contributed by atoms with Crippen molar-refractivity contribution in [2.24, 2.45) is 0 Å². The lowest BCUT2D eigenvalue weighted by atomic mass is 10.2. The van der Waals surface area contributed by atoms with E-state index in [1.165, 1.54) is 24.3 Å². The van der Waals surface area contributed by atoms with Crippen LogP contribution in [0.5, 0.6) is 0 Å². The van der Waals surface area contributed by atoms with Gasteiger partial charge in [-0.1, -0.05) is 41.4 Å². The molecule has 1 amide bonds. The summed E-state index contributed by atoms with van der Waals surface area (Å²) in [5.74, 6) is -0.527. The molecule has 8 heteroatoms. The summed E-state index contributed by atoms with van der Waals surface area (Å²) in [5, 5.41) is 3.27. The van der Waals surface area contributed by atoms with Gasteiger partial charge in [0, 0.05) is 15.7 Å². The smallest absolute Gasteiger partial charge is 0.241 e. The number of benzene rings is 2. The van der Waals surface area contributed by atoms with Gasteiger partial charge in [0.15, 0.2) is 0 Å². The van der Waals surface area contributed by atoms with Crippen molar-refractivity contribution in [2.75, 3.05) is 11.9 Å². The van der Waals surface area contributed by atoms with Crippen molar-refractivity contribution in [3.05, 3.63) is 58.1 Å². The minimum Gasteiger partial charge on any atom is -0.325 e. The summed E-state index contributed by atoms with van der Waals surface area (Å²) in [4.78, 5) is 12.0. The molecule has 0 aliphatic carbocycles. The Bertz CT molecular complexity index is 818. The van der Waals surface area contributed by atoms with Crippen LogP contribution in [0, 0.1) is 6.92 Å². The van der Waals surface area contributed by atoms with Gasteiger partial charge in [-0.05, 0) is 36.8 Å². The van der Waals surface area contributed by atoms with E-state index in [2.05, 4.69) is 10.0 Å². The summed E-state index contributed by atoms with van der Waals surface area (Å²) < 4.78 is 26.6. The van der Waals surface area contributed by atoms with Gasteiger partial charge in [-0.15, -0.1) is 0 Å². The maximum atomic E-state index is 12.2. The Morgan fingerprint density at radius 3 is 2.30 bits per heavy atom. The Labute approximate surface area is 144 Å². The Kier molecular flexibility index (Phi) is 5.64. The third-order valence-electron chi connectivity index (χ3n) is 2.95. The second-order valence-corrected chi connectivity index (χ2v) is 7.40. The highest BCUT2D eigenvalue weighted by atomic mass is 35.5. The summed E-state index contributed by atoms with van der Waals surface area (Å²) >= 11 is 11.7. The third-order valence-corrected chi connectivity index (χ3v) is 4.95. The molecule has 2 aromatic rings. The molecular formula is C15H14Cl2N2O3S. The summed E-state index contributed by atoms with van der Waals surface area (Å²) in [5.41, 5.74) is 0.990. The van der Waals surface area contributed by atoms with Crippen LogP contribution in [0.4, 0.5) is 5.69 Å². The first kappa shape index (κ1) is 17.7. The number of halogens is 2. The summed E-state index contributed by atoms with van der Waals surface area (Å²) in [6.07, 6.45) is 0. The van der Waals surface area contributed by atoms with E-state index in [1.807, 2.05) is 0 Å². The second-order valence-electron chi connectivity index (χ2n) is 4.80. The lowest BCUT2D eigenvalue weighted by Crippen LogP contribution is -2.33. The fourth-order valence-corrected chi connectivity index (χ4v) is 3.68. The quantitative estimate of drug-likeness (QED) is 0.845. The van der Waals surface area contributed by atoms with Gasteiger partial charge in [0.25, 0.3) is 0 Å². The topological polar surface area (TPSA) is 75.3 Å². The van der Waals surface area contributed by atoms with Crippen molar-refractivity contribution in [3.8, 4) is 0 Å². The second kappa shape index (κ2) is 7.31. The van der Waals surface area contributed by atoms with Crippen molar-refractivity contribution in [1.29, 1.82) is 0 Å². The number of amides is 1. The van der Waals surface area contributed by atoms with E-state index in [0.717, 1.165) is 0 Å². The van der Waals surface area contributed by atoms with E-state index in [1.54, 1.807) is 25.1 Å². The predicted octanol–water partition coefficient (Wildman–Crippen LogP) is 3.22. The molecule has 0 aliphatic heterocycles. The zero-order valence-corrected chi connectivity index (χ0v) is 14.5. The molecule has 0 spiro atoms. The zero-order chi connectivity index (χ0) is 17.0. The minimum atomic E-state index is -3.76. The molecule has 0 atom stereocenters. The van der Waals surface area contributed by atoms with Crippen LogP contribution in [0.1, 0.15) is 5.56 Å². The molecule has 0 bridgehead atoms. The highest BCUT2D eigenvalue weighted by molar-refractivity contribution is 7.89. The molecule has 0 radical (unpaired) electrons. The highest BCUT2D eigenvalue weighted by Crippen LogP contribution is 2.22. The van der Waals surface area contributed by atoms with Crippen molar-refractivity contribution < 1.29 is 13.2 Å². The van der Waals surface area contributed by atoms with Crippen LogP contribution in [0.2, 0.25) is 10.0 Å². The van der Waals surface area contributed by atoms with Gasteiger partial charge in [0.1, 0.15) is 0 Å². The van der Waals surface area contributed by atoms with Crippen molar-refractivity contribution in [2.45, 2.75) is 11.8 Å². The molecule has 5 nitrogen and oxygen atoms in total. The number of rotatable bonds is 5. The van der Waals surface area contributed by atoms with Crippen molar-refractivity contribution >= 4 is 44.8 Å². The Morgan fingerprint density at radius 2 is 1.70 bits per heavy atom. The molecule has 0 saturated carbocycles. The zero-order valence-electron chi connectivity index (χ0n) is 12.1. The SMILES string of the molecule is Cc1ccccc1S(=O)(=O)NCC(=O)Nc1cc(Cl)cc(Cl)c1. The summed E-state index contributed by atoms with van der Waals surface area (Å²) in [6, 6.07) is 11.1. The maximum absolute atomic E-state index is 12.2. The van der Waals surface area contributed by atoms with Crippen LogP contribution >= 0.6 is 23.2 Å². The van der Waals surface area contributed by atoms with Gasteiger partial charge in [0.2, 0.25) is 15.9 Å². The summed E-state index contributed by atoms with van der Waals surface area (Å²) in [6.45, 7) is 1.28. The Morgan fingerprint density at radius 1 is 1.09 bits per heavy atom. The van der Waals surface area contributed by atoms with Crippen LogP contribution in [-0.2, 0) is 14.8 Å². The van der Waals surface area contributed by atoms with Crippen LogP contribution in [0.25, 0.3) is 0 Å². The van der Waals surface area contributed by atoms with E-state index in [9.17, 15) is 13.2 Å². The van der Waals surface area contributed by atoms with Crippen LogP contribution < -0.4 is 10.0 Å². The molecule has 0 saturated heterocycles. The molecular weight excluding hydrogens is 359 g/mol. The molecule has 2 N–H and O–H groups in total. The van der Waals surface area contributed by atoms with Gasteiger partial charge >= 0.3 is 0 Å². The van der Waals surface area contributed by atoms with Crippen molar-refractivity contribution in [1.82, 2.24) is 4.72 Å². The van der Waals surface area contributed by atoms with Gasteiger partial charge < -0.3 is 5.32 Å². The number of hydrogen-bond donors (Lipinski definition) is 2. The molecule has 23 heavy (non-hydrogen) atoms. The van der Waals surface area contributed by atoms with Gasteiger partial charge in [-0.25, -0.2) is 13.1 Å². The molecule has 0 fully saturated rings. The molecule has 122 valence electrons. The standard InChI is InChI=1S/C15H14Cl2N2O3S/c1-10-4-2-3-5-14(10)23(21,22)18-9-15(20)19-13-7-11(16)6-12(17)8-13/h2-8,18H,9H2,1H3,(H,19,20). The first-order valence-corrected chi connectivity index (χ1v) is 8.83. The van der Waals surface area contributed by atoms with Crippen LogP contribution in [-0.4, -0.2) is 20.9 Å². The van der Waals surface area contributed by atoms with Crippen LogP contribution in [0.3, 0.4) is 0 Å². The van der Waals surface area contributed by atoms with E-state index in [0.29, 0.717) is 21.3 Å². The third kappa shape index (κ3) is 4.94. The lowest BCUT2D eigenvalue weighted by molar-refractivity contribution is -0.115. The molecule has 0 unspecified atom stereocenters. The largest absolute Gasteiger partial charge is 0.325 e. The number of aryl methyl sites for hydroxylation is 1. The van der Waals surface area contributed by atoms with Gasteiger partial charge in [0.05, 0.1) is 11.4 Å². The average molecular weight is 373 g/mol. The fraction of sp³-hybridized carbons (Fsp3) is 0.133. The Hall–Kier alpha value is -1.60. The number of nitrogens with one attached hydrogen (secondary N) is 2. The molecule has 0 aromatic heterocycles. The molecule has 2 rings (SSSR count). The minimum absolute atomic E-state index is 0.138. The Balaban J connectivity index is 2.03. The normalized spacial score (nSPS) is 11.3. The van der Waals surface area contributed by atoms with Crippen LogP contribution in [0.15, 0.2) is 47.4 Å². The van der Waals surface area contributed by atoms with E-state index < -0.39 is 22.5 Å². The molecule has 0 heterocycles. The first-order valence-electron chi connectivity index (χ1n) is 6.59. The molecule has 2 aromatic carbocycles. The monoisotopic (exact) mass is 372 g/mol. The van der Waals surface area contributed by atoms with Crippen molar-refractivity contribution in [3.63, 3.8) is 0 Å². The number of anilines is 1. The maximum Gasteiger partial charge on any atom is 0.241 e. The average Bonchev–Trinajstić information content (AvgIpc) is 2.44. The van der Waals surface area contributed by atoms with E-state index >= 15 is 0 Å². The molecule has 0 aliphatic rings. The van der Waals surface area contributed by atoms with E-state index in [-0.39, 0.29) is 4.90 Å². The number of carbonyl (C=O) groups excluding carboxylic acids is 1. The highest BCUT2D eigenvalue weighted by Gasteiger charge is 2.17. The lowest BCUT2D eigenvalue weighted by Gasteiger charge is -2.10. The first-order chi connectivity index (χ1) is 10.8. The van der Waals surface area contributed by atoms with Gasteiger partial charge in [-0.3, -0.25) is 4.79 Å². The number of hydrogen-bond acceptors (Lipinski definition) is 3. The summed E-state index contributed by atoms with van der Waals surface area (Å²) in [7, 11) is -3.76. The predicted molar refractivity (Wildman–Crippen MR) is 91.5 cm³/mol. The van der Waals surface area contributed by atoms with E-state index in [4.69, 9.17) is 23.2 Å². The van der Waals surface area contributed by atoms with Gasteiger partial charge in [-0.2, -0.15) is 0 Å². The fourth-order valence-electron chi connectivity index (χ4n) is 1.93.